The van der Waals surface area contributed by atoms with Crippen LogP contribution in [0.4, 0.5) is 0 Å². The molecule has 0 aromatic carbocycles. The topological polar surface area (TPSA) is 49.4 Å². The van der Waals surface area contributed by atoms with Gasteiger partial charge in [-0.1, -0.05) is 129 Å². The van der Waals surface area contributed by atoms with Crippen LogP contribution in [0.15, 0.2) is 0 Å². The Hall–Kier alpha value is 0.514. The van der Waals surface area contributed by atoms with Crippen LogP contribution >= 0.6 is 8.25 Å². The van der Waals surface area contributed by atoms with Crippen LogP contribution in [-0.4, -0.2) is 6.61 Å². The summed E-state index contributed by atoms with van der Waals surface area (Å²) >= 11 is 0. The fourth-order valence-electron chi connectivity index (χ4n) is 3.22. The molecule has 0 heterocycles. The van der Waals surface area contributed by atoms with Crippen molar-refractivity contribution in [3.63, 3.8) is 0 Å². The van der Waals surface area contributed by atoms with E-state index in [2.05, 4.69) is 25.3 Å². The van der Waals surface area contributed by atoms with Crippen LogP contribution in [0.3, 0.4) is 0 Å². The first-order valence-corrected chi connectivity index (χ1v) is 13.3. The van der Waals surface area contributed by atoms with E-state index in [1.807, 2.05) is 0 Å². The second-order valence-corrected chi connectivity index (χ2v) is 8.63. The zero-order chi connectivity index (χ0) is 21.1. The van der Waals surface area contributed by atoms with Gasteiger partial charge in [-0.05, 0) is 11.0 Å². The molecule has 1 unspecified atom stereocenters. The van der Waals surface area contributed by atoms with Crippen LogP contribution in [0.1, 0.15) is 142 Å². The molecule has 0 saturated heterocycles. The van der Waals surface area contributed by atoms with Crippen molar-refractivity contribution in [1.29, 1.82) is 0 Å². The maximum absolute atomic E-state index is 10.1. The van der Waals surface area contributed by atoms with Gasteiger partial charge in [0.25, 0.3) is 0 Å². The van der Waals surface area contributed by atoms with E-state index in [0.717, 1.165) is 19.3 Å². The molecule has 0 aliphatic carbocycles. The molecule has 0 bridgehead atoms. The Labute approximate surface area is 194 Å². The normalized spacial score (nSPS) is 10.8. The fraction of sp³-hybridized carbons (Fsp3) is 0.958. The second kappa shape index (κ2) is 33.2. The first-order valence-electron chi connectivity index (χ1n) is 12.3. The van der Waals surface area contributed by atoms with Gasteiger partial charge in [-0.3, -0.25) is 0 Å². The molecule has 1 atom stereocenters. The van der Waals surface area contributed by atoms with Crippen LogP contribution < -0.4 is 4.89 Å². The van der Waals surface area contributed by atoms with Gasteiger partial charge in [-0.25, -0.2) is 0 Å². The maximum Gasteiger partial charge on any atom is 2.00 e. The molecular weight excluding hydrogens is 426 g/mol. The molecule has 5 heteroatoms. The minimum absolute atomic E-state index is 0. The summed E-state index contributed by atoms with van der Waals surface area (Å²) in [5, 5.41) is 0. The summed E-state index contributed by atoms with van der Waals surface area (Å²) < 4.78 is 14.5. The first kappa shape index (κ1) is 34.1. The Morgan fingerprint density at radius 2 is 0.931 bits per heavy atom. The van der Waals surface area contributed by atoms with E-state index in [1.165, 1.54) is 109 Å². The fourth-order valence-corrected chi connectivity index (χ4v) is 3.49. The summed E-state index contributed by atoms with van der Waals surface area (Å²) in [7, 11) is -2.64. The standard InChI is InChI=1S/C12H25O3P.C12H25.Ni/c1-2-3-4-5-6-7-8-9-10-11-12-15-16(13)14;1-3-5-7-9-11-12-10-8-6-4-2;/h2-12H2,1H3;1,3-12H2,2H3;/q;-1;+2. The smallest absolute Gasteiger partial charge is 0.566 e. The van der Waals surface area contributed by atoms with Crippen molar-refractivity contribution in [3.8, 4) is 0 Å². The van der Waals surface area contributed by atoms with E-state index in [1.54, 1.807) is 0 Å². The van der Waals surface area contributed by atoms with Gasteiger partial charge in [-0.2, -0.15) is 6.42 Å². The van der Waals surface area contributed by atoms with Crippen molar-refractivity contribution in [1.82, 2.24) is 0 Å². The Morgan fingerprint density at radius 3 is 1.24 bits per heavy atom. The first-order chi connectivity index (χ1) is 13.7. The average molecular weight is 476 g/mol. The Bertz CT molecular complexity index is 281. The Morgan fingerprint density at radius 1 is 0.621 bits per heavy atom. The van der Waals surface area contributed by atoms with Crippen molar-refractivity contribution in [3.05, 3.63) is 6.92 Å². The molecule has 178 valence electrons. The third-order valence-corrected chi connectivity index (χ3v) is 5.44. The molecule has 0 saturated carbocycles. The van der Waals surface area contributed by atoms with Gasteiger partial charge in [0.05, 0.1) is 0 Å². The largest absolute Gasteiger partial charge is 2.00 e. The summed E-state index contributed by atoms with van der Waals surface area (Å²) in [4.78, 5) is 10.1. The molecule has 0 N–H and O–H groups in total. The molecule has 0 spiro atoms. The quantitative estimate of drug-likeness (QED) is 0.0721. The van der Waals surface area contributed by atoms with Crippen LogP contribution in [0, 0.1) is 6.92 Å². The van der Waals surface area contributed by atoms with Crippen molar-refractivity contribution >= 4 is 8.25 Å². The monoisotopic (exact) mass is 475 g/mol. The van der Waals surface area contributed by atoms with Gasteiger partial charge in [0.1, 0.15) is 6.61 Å². The average Bonchev–Trinajstić information content (AvgIpc) is 2.68. The number of hydrogen-bond acceptors (Lipinski definition) is 3. The number of unbranched alkanes of at least 4 members (excludes halogenated alkanes) is 18. The minimum Gasteiger partial charge on any atom is -0.566 e. The Kier molecular flexibility index (Phi) is 39.0. The van der Waals surface area contributed by atoms with E-state index in [4.69, 9.17) is 0 Å². The van der Waals surface area contributed by atoms with E-state index >= 15 is 0 Å². The molecule has 0 amide bonds. The Balaban J connectivity index is -0.000000468. The van der Waals surface area contributed by atoms with E-state index in [0.29, 0.717) is 6.61 Å². The van der Waals surface area contributed by atoms with Crippen LogP contribution in [0.25, 0.3) is 0 Å². The van der Waals surface area contributed by atoms with Crippen LogP contribution in [0.5, 0.6) is 0 Å². The summed E-state index contributed by atoms with van der Waals surface area (Å²) in [5.74, 6) is 0. The van der Waals surface area contributed by atoms with Crippen LogP contribution in [0.2, 0.25) is 0 Å². The molecule has 0 radical (unpaired) electrons. The third-order valence-electron chi connectivity index (χ3n) is 5.05. The summed E-state index contributed by atoms with van der Waals surface area (Å²) in [6.45, 7) is 8.71. The molecule has 0 aliphatic rings. The maximum atomic E-state index is 10.1. The molecule has 0 aromatic heterocycles. The SMILES string of the molecule is CCCCCCCCCCCCO[P+](=O)[O-].[CH2-]CCCCCCCCCCC.[Ni+2]. The van der Waals surface area contributed by atoms with Gasteiger partial charge >= 0.3 is 24.7 Å². The van der Waals surface area contributed by atoms with Crippen molar-refractivity contribution < 1.29 is 30.5 Å². The van der Waals surface area contributed by atoms with E-state index in [9.17, 15) is 9.46 Å². The number of hydrogen-bond donors (Lipinski definition) is 0. The van der Waals surface area contributed by atoms with Gasteiger partial charge in [-0.15, -0.1) is 4.52 Å². The summed E-state index contributed by atoms with van der Waals surface area (Å²) in [6, 6.07) is 0. The molecule has 0 fully saturated rings. The van der Waals surface area contributed by atoms with Crippen LogP contribution in [-0.2, 0) is 25.6 Å². The van der Waals surface area contributed by atoms with Crippen molar-refractivity contribution in [2.45, 2.75) is 142 Å². The second-order valence-electron chi connectivity index (χ2n) is 7.92. The predicted molar refractivity (Wildman–Crippen MR) is 123 cm³/mol. The molecule has 0 aromatic rings. The molecule has 0 aliphatic heterocycles. The predicted octanol–water partition coefficient (Wildman–Crippen LogP) is 8.68. The number of rotatable bonds is 21. The van der Waals surface area contributed by atoms with Gasteiger partial charge in [0.2, 0.25) is 0 Å². The van der Waals surface area contributed by atoms with Gasteiger partial charge in [0.15, 0.2) is 0 Å². The molecule has 3 nitrogen and oxygen atoms in total. The molecule has 29 heavy (non-hydrogen) atoms. The minimum atomic E-state index is -2.64. The molecular formula is C24H50NiO3P+. The summed E-state index contributed by atoms with van der Waals surface area (Å²) in [5.41, 5.74) is 0. The van der Waals surface area contributed by atoms with Crippen molar-refractivity contribution in [2.24, 2.45) is 0 Å². The van der Waals surface area contributed by atoms with E-state index in [-0.39, 0.29) is 16.5 Å². The van der Waals surface area contributed by atoms with Gasteiger partial charge < -0.3 is 11.8 Å². The zero-order valence-electron chi connectivity index (χ0n) is 19.5. The summed E-state index contributed by atoms with van der Waals surface area (Å²) in [6.07, 6.45) is 26.4. The third kappa shape index (κ3) is 39.5. The molecule has 0 rings (SSSR count). The van der Waals surface area contributed by atoms with Gasteiger partial charge in [0, 0.05) is 0 Å². The zero-order valence-corrected chi connectivity index (χ0v) is 21.4. The van der Waals surface area contributed by atoms with E-state index < -0.39 is 8.25 Å². The van der Waals surface area contributed by atoms with Crippen molar-refractivity contribution in [2.75, 3.05) is 6.61 Å².